The molecule has 0 atom stereocenters. The fraction of sp³-hybridized carbons (Fsp3) is 0.176. The van der Waals surface area contributed by atoms with E-state index in [4.69, 9.17) is 5.73 Å². The van der Waals surface area contributed by atoms with Crippen LogP contribution in [0.1, 0.15) is 18.1 Å². The van der Waals surface area contributed by atoms with Crippen LogP contribution in [0.3, 0.4) is 0 Å². The van der Waals surface area contributed by atoms with Crippen molar-refractivity contribution in [2.75, 3.05) is 5.73 Å². The lowest BCUT2D eigenvalue weighted by atomic mass is 10.1. The summed E-state index contributed by atoms with van der Waals surface area (Å²) in [5, 5.41) is 8.23. The maximum absolute atomic E-state index is 5.71. The highest BCUT2D eigenvalue weighted by Crippen LogP contribution is 2.20. The smallest absolute Gasteiger partial charge is 0.0889 e. The number of nitrogen functional groups attached to an aromatic ring is 1. The van der Waals surface area contributed by atoms with Crippen molar-refractivity contribution in [1.82, 2.24) is 15.0 Å². The highest BCUT2D eigenvalue weighted by molar-refractivity contribution is 5.58. The molecule has 1 heterocycles. The van der Waals surface area contributed by atoms with Gasteiger partial charge in [-0.15, -0.1) is 5.10 Å². The van der Waals surface area contributed by atoms with Crippen molar-refractivity contribution in [3.63, 3.8) is 0 Å². The van der Waals surface area contributed by atoms with Crippen LogP contribution in [0.15, 0.2) is 54.7 Å². The number of anilines is 1. The molecule has 4 heteroatoms. The molecule has 0 aliphatic carbocycles. The Balaban J connectivity index is 1.87. The van der Waals surface area contributed by atoms with Gasteiger partial charge in [0, 0.05) is 11.3 Å². The summed E-state index contributed by atoms with van der Waals surface area (Å²) in [5.41, 5.74) is 11.1. The molecule has 0 radical (unpaired) electrons. The Bertz CT molecular complexity index is 711. The van der Waals surface area contributed by atoms with Crippen LogP contribution in [0.2, 0.25) is 0 Å². The second kappa shape index (κ2) is 5.79. The average Bonchev–Trinajstić information content (AvgIpc) is 2.98. The third-order valence-corrected chi connectivity index (χ3v) is 3.59. The van der Waals surface area contributed by atoms with Crippen molar-refractivity contribution in [3.05, 3.63) is 65.9 Å². The summed E-state index contributed by atoms with van der Waals surface area (Å²) >= 11 is 0. The van der Waals surface area contributed by atoms with Gasteiger partial charge in [-0.1, -0.05) is 48.5 Å². The SMILES string of the molecule is CCc1ccc(-c2cnnn2Cc2ccc(N)cc2)cc1. The standard InChI is InChI=1S/C17H18N4/c1-2-13-3-7-15(8-4-13)17-11-19-20-21(17)12-14-5-9-16(18)10-6-14/h3-11H,2,12,18H2,1H3. The Morgan fingerprint density at radius 3 is 2.29 bits per heavy atom. The minimum Gasteiger partial charge on any atom is -0.399 e. The molecule has 21 heavy (non-hydrogen) atoms. The van der Waals surface area contributed by atoms with Gasteiger partial charge in [-0.2, -0.15) is 0 Å². The van der Waals surface area contributed by atoms with E-state index in [0.717, 1.165) is 28.9 Å². The Morgan fingerprint density at radius 1 is 0.952 bits per heavy atom. The predicted octanol–water partition coefficient (Wildman–Crippen LogP) is 3.14. The fourth-order valence-electron chi connectivity index (χ4n) is 2.31. The van der Waals surface area contributed by atoms with Crippen molar-refractivity contribution in [2.24, 2.45) is 0 Å². The summed E-state index contributed by atoms with van der Waals surface area (Å²) in [7, 11) is 0. The number of hydrogen-bond acceptors (Lipinski definition) is 3. The van der Waals surface area contributed by atoms with Crippen molar-refractivity contribution >= 4 is 5.69 Å². The summed E-state index contributed by atoms with van der Waals surface area (Å²) in [6.07, 6.45) is 2.85. The van der Waals surface area contributed by atoms with Crippen molar-refractivity contribution < 1.29 is 0 Å². The summed E-state index contributed by atoms with van der Waals surface area (Å²) in [5.74, 6) is 0. The van der Waals surface area contributed by atoms with E-state index in [1.54, 1.807) is 6.20 Å². The molecule has 1 aromatic heterocycles. The molecule has 0 aliphatic rings. The highest BCUT2D eigenvalue weighted by atomic mass is 15.4. The lowest BCUT2D eigenvalue weighted by Gasteiger charge is -2.07. The molecule has 0 amide bonds. The molecule has 2 aromatic carbocycles. The van der Waals surface area contributed by atoms with Gasteiger partial charge in [-0.05, 0) is 29.7 Å². The monoisotopic (exact) mass is 278 g/mol. The zero-order valence-electron chi connectivity index (χ0n) is 12.0. The second-order valence-corrected chi connectivity index (χ2v) is 5.07. The van der Waals surface area contributed by atoms with E-state index in [1.807, 2.05) is 28.9 Å². The van der Waals surface area contributed by atoms with Gasteiger partial charge in [0.1, 0.15) is 0 Å². The third kappa shape index (κ3) is 2.94. The van der Waals surface area contributed by atoms with Crippen LogP contribution in [0.5, 0.6) is 0 Å². The number of nitrogens with two attached hydrogens (primary N) is 1. The van der Waals surface area contributed by atoms with Crippen LogP contribution in [-0.2, 0) is 13.0 Å². The number of hydrogen-bond donors (Lipinski definition) is 1. The van der Waals surface area contributed by atoms with E-state index in [9.17, 15) is 0 Å². The second-order valence-electron chi connectivity index (χ2n) is 5.07. The third-order valence-electron chi connectivity index (χ3n) is 3.59. The number of benzene rings is 2. The number of nitrogens with zero attached hydrogens (tertiary/aromatic N) is 3. The van der Waals surface area contributed by atoms with Gasteiger partial charge in [0.15, 0.2) is 0 Å². The molecule has 106 valence electrons. The Morgan fingerprint density at radius 2 is 1.62 bits per heavy atom. The van der Waals surface area contributed by atoms with Gasteiger partial charge in [0.25, 0.3) is 0 Å². The highest BCUT2D eigenvalue weighted by Gasteiger charge is 2.07. The first kappa shape index (κ1) is 13.4. The molecule has 0 saturated carbocycles. The summed E-state index contributed by atoms with van der Waals surface area (Å²) in [6, 6.07) is 16.4. The molecule has 4 nitrogen and oxygen atoms in total. The maximum Gasteiger partial charge on any atom is 0.0889 e. The molecule has 0 aliphatic heterocycles. The summed E-state index contributed by atoms with van der Waals surface area (Å²) in [4.78, 5) is 0. The van der Waals surface area contributed by atoms with Gasteiger partial charge in [0.2, 0.25) is 0 Å². The molecular formula is C17H18N4. The van der Waals surface area contributed by atoms with Crippen LogP contribution in [0.25, 0.3) is 11.3 Å². The molecule has 3 rings (SSSR count). The van der Waals surface area contributed by atoms with Crippen LogP contribution in [-0.4, -0.2) is 15.0 Å². The van der Waals surface area contributed by atoms with Crippen LogP contribution < -0.4 is 5.73 Å². The van der Waals surface area contributed by atoms with Crippen LogP contribution in [0.4, 0.5) is 5.69 Å². The van der Waals surface area contributed by atoms with Gasteiger partial charge in [0.05, 0.1) is 18.4 Å². The molecule has 0 saturated heterocycles. The fourth-order valence-corrected chi connectivity index (χ4v) is 2.31. The molecule has 0 bridgehead atoms. The summed E-state index contributed by atoms with van der Waals surface area (Å²) in [6.45, 7) is 2.84. The van der Waals surface area contributed by atoms with Crippen LogP contribution in [0, 0.1) is 0 Å². The van der Waals surface area contributed by atoms with E-state index in [2.05, 4.69) is 41.5 Å². The van der Waals surface area contributed by atoms with Crippen molar-refractivity contribution in [3.8, 4) is 11.3 Å². The number of aromatic nitrogens is 3. The maximum atomic E-state index is 5.71. The quantitative estimate of drug-likeness (QED) is 0.746. The van der Waals surface area contributed by atoms with Gasteiger partial charge >= 0.3 is 0 Å². The molecule has 2 N–H and O–H groups in total. The normalized spacial score (nSPS) is 10.7. The largest absolute Gasteiger partial charge is 0.399 e. The van der Waals surface area contributed by atoms with Gasteiger partial charge in [-0.25, -0.2) is 4.68 Å². The van der Waals surface area contributed by atoms with E-state index in [0.29, 0.717) is 6.54 Å². The van der Waals surface area contributed by atoms with E-state index in [1.165, 1.54) is 5.56 Å². The molecule has 0 fully saturated rings. The lowest BCUT2D eigenvalue weighted by molar-refractivity contribution is 0.655. The zero-order chi connectivity index (χ0) is 14.7. The molecular weight excluding hydrogens is 260 g/mol. The summed E-state index contributed by atoms with van der Waals surface area (Å²) < 4.78 is 1.91. The Labute approximate surface area is 124 Å². The lowest BCUT2D eigenvalue weighted by Crippen LogP contribution is -2.04. The molecule has 3 aromatic rings. The Hall–Kier alpha value is -2.62. The van der Waals surface area contributed by atoms with Gasteiger partial charge in [-0.3, -0.25) is 0 Å². The number of rotatable bonds is 4. The van der Waals surface area contributed by atoms with Crippen LogP contribution >= 0.6 is 0 Å². The number of aryl methyl sites for hydroxylation is 1. The Kier molecular flexibility index (Phi) is 3.69. The molecule has 0 spiro atoms. The van der Waals surface area contributed by atoms with E-state index in [-0.39, 0.29) is 0 Å². The first-order valence-electron chi connectivity index (χ1n) is 7.08. The minimum atomic E-state index is 0.686. The predicted molar refractivity (Wildman–Crippen MR) is 84.8 cm³/mol. The zero-order valence-corrected chi connectivity index (χ0v) is 12.0. The topological polar surface area (TPSA) is 56.7 Å². The van der Waals surface area contributed by atoms with Crippen molar-refractivity contribution in [1.29, 1.82) is 0 Å². The average molecular weight is 278 g/mol. The van der Waals surface area contributed by atoms with E-state index >= 15 is 0 Å². The van der Waals surface area contributed by atoms with Gasteiger partial charge < -0.3 is 5.73 Å². The first-order chi connectivity index (χ1) is 10.3. The molecule has 0 unspecified atom stereocenters. The van der Waals surface area contributed by atoms with Crippen molar-refractivity contribution in [2.45, 2.75) is 19.9 Å². The van der Waals surface area contributed by atoms with E-state index < -0.39 is 0 Å². The minimum absolute atomic E-state index is 0.686. The first-order valence-corrected chi connectivity index (χ1v) is 7.08.